The molecule has 1 unspecified atom stereocenters. The second kappa shape index (κ2) is 8.53. The first-order chi connectivity index (χ1) is 9.15. The third kappa shape index (κ3) is 6.25. The van der Waals surface area contributed by atoms with Gasteiger partial charge in [0.15, 0.2) is 0 Å². The lowest BCUT2D eigenvalue weighted by Crippen LogP contribution is -2.33. The Morgan fingerprint density at radius 2 is 2.00 bits per heavy atom. The van der Waals surface area contributed by atoms with E-state index in [9.17, 15) is 4.79 Å². The highest BCUT2D eigenvalue weighted by molar-refractivity contribution is 5.67. The van der Waals surface area contributed by atoms with Crippen LogP contribution in [0.15, 0.2) is 24.3 Å². The summed E-state index contributed by atoms with van der Waals surface area (Å²) >= 11 is 0. The summed E-state index contributed by atoms with van der Waals surface area (Å²) in [7, 11) is 0. The number of nitrogens with one attached hydrogen (secondary N) is 1. The topological polar surface area (TPSA) is 58.6 Å². The van der Waals surface area contributed by atoms with Crippen molar-refractivity contribution in [2.24, 2.45) is 0 Å². The van der Waals surface area contributed by atoms with E-state index in [4.69, 9.17) is 9.84 Å². The number of carbonyl (C=O) groups is 1. The van der Waals surface area contributed by atoms with Crippen LogP contribution in [0, 0.1) is 0 Å². The Balaban J connectivity index is 2.58. The molecule has 1 rings (SSSR count). The van der Waals surface area contributed by atoms with Gasteiger partial charge >= 0.3 is 5.97 Å². The number of carboxylic acids is 1. The molecule has 0 heterocycles. The van der Waals surface area contributed by atoms with Crippen molar-refractivity contribution in [1.82, 2.24) is 5.32 Å². The molecule has 106 valence electrons. The van der Waals surface area contributed by atoms with E-state index in [0.717, 1.165) is 30.7 Å². The molecule has 2 N–H and O–H groups in total. The lowest BCUT2D eigenvalue weighted by Gasteiger charge is -2.16. The maximum Gasteiger partial charge on any atom is 0.304 e. The molecule has 1 atom stereocenters. The van der Waals surface area contributed by atoms with Crippen LogP contribution < -0.4 is 10.1 Å². The van der Waals surface area contributed by atoms with E-state index >= 15 is 0 Å². The van der Waals surface area contributed by atoms with Gasteiger partial charge in [0.2, 0.25) is 0 Å². The van der Waals surface area contributed by atoms with Gasteiger partial charge in [-0.3, -0.25) is 4.79 Å². The molecule has 4 nitrogen and oxygen atoms in total. The van der Waals surface area contributed by atoms with E-state index in [2.05, 4.69) is 12.2 Å². The summed E-state index contributed by atoms with van der Waals surface area (Å²) in [5.41, 5.74) is 1.12. The minimum absolute atomic E-state index is 0.0182. The summed E-state index contributed by atoms with van der Waals surface area (Å²) in [5, 5.41) is 12.2. The number of carboxylic acid groups (broad SMARTS) is 1. The highest BCUT2D eigenvalue weighted by Gasteiger charge is 2.13. The molecule has 0 radical (unpaired) electrons. The number of benzene rings is 1. The Morgan fingerprint density at radius 3 is 2.53 bits per heavy atom. The van der Waals surface area contributed by atoms with Gasteiger partial charge in [-0.25, -0.2) is 0 Å². The van der Waals surface area contributed by atoms with Crippen molar-refractivity contribution >= 4 is 5.97 Å². The van der Waals surface area contributed by atoms with E-state index < -0.39 is 5.97 Å². The Hall–Kier alpha value is -1.55. The SMILES string of the molecule is CCCNC(CC(=O)O)Cc1ccc(OCC)cc1. The molecule has 0 aliphatic rings. The zero-order chi connectivity index (χ0) is 14.1. The fourth-order valence-corrected chi connectivity index (χ4v) is 1.95. The first-order valence-corrected chi connectivity index (χ1v) is 6.82. The summed E-state index contributed by atoms with van der Waals surface area (Å²) < 4.78 is 5.39. The lowest BCUT2D eigenvalue weighted by molar-refractivity contribution is -0.137. The highest BCUT2D eigenvalue weighted by atomic mass is 16.5. The van der Waals surface area contributed by atoms with Crippen LogP contribution in [0.5, 0.6) is 5.75 Å². The van der Waals surface area contributed by atoms with Crippen molar-refractivity contribution in [2.75, 3.05) is 13.2 Å². The van der Waals surface area contributed by atoms with Crippen LogP contribution in [0.2, 0.25) is 0 Å². The van der Waals surface area contributed by atoms with Crippen molar-refractivity contribution < 1.29 is 14.6 Å². The highest BCUT2D eigenvalue weighted by Crippen LogP contribution is 2.14. The third-order valence-corrected chi connectivity index (χ3v) is 2.82. The van der Waals surface area contributed by atoms with Crippen LogP contribution in [0.1, 0.15) is 32.3 Å². The Labute approximate surface area is 114 Å². The zero-order valence-corrected chi connectivity index (χ0v) is 11.7. The third-order valence-electron chi connectivity index (χ3n) is 2.82. The Morgan fingerprint density at radius 1 is 1.32 bits per heavy atom. The average Bonchev–Trinajstić information content (AvgIpc) is 2.38. The van der Waals surface area contributed by atoms with Gasteiger partial charge < -0.3 is 15.2 Å². The number of aliphatic carboxylic acids is 1. The van der Waals surface area contributed by atoms with Crippen molar-refractivity contribution in [3.05, 3.63) is 29.8 Å². The van der Waals surface area contributed by atoms with E-state index in [0.29, 0.717) is 6.61 Å². The summed E-state index contributed by atoms with van der Waals surface area (Å²) in [6.07, 6.45) is 1.87. The molecule has 1 aromatic carbocycles. The minimum Gasteiger partial charge on any atom is -0.494 e. The smallest absolute Gasteiger partial charge is 0.304 e. The molecular weight excluding hydrogens is 242 g/mol. The molecular formula is C15H23NO3. The van der Waals surface area contributed by atoms with Gasteiger partial charge in [0, 0.05) is 6.04 Å². The van der Waals surface area contributed by atoms with E-state index in [1.165, 1.54) is 0 Å². The minimum atomic E-state index is -0.764. The number of ether oxygens (including phenoxy) is 1. The first kappa shape index (κ1) is 15.5. The number of rotatable bonds is 9. The van der Waals surface area contributed by atoms with Gasteiger partial charge in [-0.05, 0) is 44.0 Å². The van der Waals surface area contributed by atoms with Gasteiger partial charge in [-0.2, -0.15) is 0 Å². The van der Waals surface area contributed by atoms with E-state index in [-0.39, 0.29) is 12.5 Å². The van der Waals surface area contributed by atoms with Crippen LogP contribution in [0.25, 0.3) is 0 Å². The van der Waals surface area contributed by atoms with Gasteiger partial charge in [0.05, 0.1) is 13.0 Å². The standard InChI is InChI=1S/C15H23NO3/c1-3-9-16-13(11-15(17)18)10-12-5-7-14(8-6-12)19-4-2/h5-8,13,16H,3-4,9-11H2,1-2H3,(H,17,18). The van der Waals surface area contributed by atoms with Gasteiger partial charge in [0.1, 0.15) is 5.75 Å². The monoisotopic (exact) mass is 265 g/mol. The molecule has 19 heavy (non-hydrogen) atoms. The van der Waals surface area contributed by atoms with Gasteiger partial charge in [-0.1, -0.05) is 19.1 Å². The van der Waals surface area contributed by atoms with Crippen molar-refractivity contribution in [2.45, 2.75) is 39.2 Å². The largest absolute Gasteiger partial charge is 0.494 e. The predicted octanol–water partition coefficient (Wildman–Crippen LogP) is 2.47. The molecule has 4 heteroatoms. The predicted molar refractivity (Wildman–Crippen MR) is 75.6 cm³/mol. The van der Waals surface area contributed by atoms with Crippen LogP contribution in [-0.2, 0) is 11.2 Å². The first-order valence-electron chi connectivity index (χ1n) is 6.82. The normalized spacial score (nSPS) is 12.1. The second-order valence-corrected chi connectivity index (χ2v) is 4.53. The molecule has 1 aromatic rings. The average molecular weight is 265 g/mol. The fraction of sp³-hybridized carbons (Fsp3) is 0.533. The summed E-state index contributed by atoms with van der Waals surface area (Å²) in [6, 6.07) is 7.82. The van der Waals surface area contributed by atoms with Crippen molar-refractivity contribution in [3.8, 4) is 5.75 Å². The molecule has 0 saturated heterocycles. The maximum atomic E-state index is 10.8. The molecule has 0 amide bonds. The van der Waals surface area contributed by atoms with Crippen molar-refractivity contribution in [1.29, 1.82) is 0 Å². The van der Waals surface area contributed by atoms with Crippen LogP contribution in [0.3, 0.4) is 0 Å². The fourth-order valence-electron chi connectivity index (χ4n) is 1.95. The maximum absolute atomic E-state index is 10.8. The Kier molecular flexibility index (Phi) is 6.97. The lowest BCUT2D eigenvalue weighted by atomic mass is 10.0. The summed E-state index contributed by atoms with van der Waals surface area (Å²) in [6.45, 7) is 5.52. The molecule has 0 spiro atoms. The van der Waals surface area contributed by atoms with E-state index in [1.54, 1.807) is 0 Å². The van der Waals surface area contributed by atoms with Gasteiger partial charge in [0.25, 0.3) is 0 Å². The second-order valence-electron chi connectivity index (χ2n) is 4.53. The van der Waals surface area contributed by atoms with E-state index in [1.807, 2.05) is 31.2 Å². The molecule has 0 aliphatic heterocycles. The van der Waals surface area contributed by atoms with Crippen LogP contribution >= 0.6 is 0 Å². The summed E-state index contributed by atoms with van der Waals surface area (Å²) in [4.78, 5) is 10.8. The molecule has 0 bridgehead atoms. The summed E-state index contributed by atoms with van der Waals surface area (Å²) in [5.74, 6) is 0.0853. The molecule has 0 fully saturated rings. The zero-order valence-electron chi connectivity index (χ0n) is 11.7. The molecule has 0 saturated carbocycles. The quantitative estimate of drug-likeness (QED) is 0.720. The van der Waals surface area contributed by atoms with Crippen LogP contribution in [0.4, 0.5) is 0 Å². The van der Waals surface area contributed by atoms with Crippen molar-refractivity contribution in [3.63, 3.8) is 0 Å². The van der Waals surface area contributed by atoms with Gasteiger partial charge in [-0.15, -0.1) is 0 Å². The number of hydrogen-bond donors (Lipinski definition) is 2. The molecule has 0 aliphatic carbocycles. The van der Waals surface area contributed by atoms with Crippen LogP contribution in [-0.4, -0.2) is 30.3 Å². The Bertz CT molecular complexity index is 375. The number of hydrogen-bond acceptors (Lipinski definition) is 3. The molecule has 0 aromatic heterocycles.